The summed E-state index contributed by atoms with van der Waals surface area (Å²) >= 11 is 0. The third kappa shape index (κ3) is 9.18. The zero-order chi connectivity index (χ0) is 20.4. The summed E-state index contributed by atoms with van der Waals surface area (Å²) in [7, 11) is -1.47. The van der Waals surface area contributed by atoms with E-state index in [-0.39, 0.29) is 35.4 Å². The molecule has 0 aromatic heterocycles. The first-order chi connectivity index (χ1) is 13.4. The molecule has 2 rings (SSSR count). The summed E-state index contributed by atoms with van der Waals surface area (Å²) in [5.41, 5.74) is 1.03. The van der Waals surface area contributed by atoms with Gasteiger partial charge in [0.2, 0.25) is 10.0 Å². The van der Waals surface area contributed by atoms with Gasteiger partial charge in [0, 0.05) is 39.9 Å². The number of hydrogen-bond donors (Lipinski definition) is 2. The highest BCUT2D eigenvalue weighted by Crippen LogP contribution is 2.18. The van der Waals surface area contributed by atoms with Crippen molar-refractivity contribution >= 4 is 40.0 Å². The van der Waals surface area contributed by atoms with E-state index in [2.05, 4.69) is 19.9 Å². The molecule has 0 saturated carbocycles. The van der Waals surface area contributed by atoms with Gasteiger partial charge < -0.3 is 15.0 Å². The molecule has 1 aromatic rings. The molecule has 0 amide bonds. The minimum absolute atomic E-state index is 0. The maximum atomic E-state index is 12.3. The highest BCUT2D eigenvalue weighted by molar-refractivity contribution is 14.0. The topological polar surface area (TPSA) is 83.0 Å². The van der Waals surface area contributed by atoms with Gasteiger partial charge in [-0.15, -0.1) is 24.0 Å². The van der Waals surface area contributed by atoms with Crippen molar-refractivity contribution in [2.45, 2.75) is 38.0 Å². The van der Waals surface area contributed by atoms with E-state index in [0.717, 1.165) is 57.1 Å². The number of guanidine groups is 1. The van der Waals surface area contributed by atoms with Crippen molar-refractivity contribution in [1.29, 1.82) is 0 Å². The Hall–Kier alpha value is -0.910. The number of benzene rings is 1. The summed E-state index contributed by atoms with van der Waals surface area (Å²) < 4.78 is 32.7. The molecular formula is C20H35IN4O3S. The third-order valence-corrected chi connectivity index (χ3v) is 6.38. The Bertz CT molecular complexity index is 720. The summed E-state index contributed by atoms with van der Waals surface area (Å²) in [6, 6.07) is 6.83. The second-order valence-electron chi connectivity index (χ2n) is 7.21. The number of nitrogens with one attached hydrogen (secondary N) is 2. The van der Waals surface area contributed by atoms with Crippen LogP contribution in [0.5, 0.6) is 0 Å². The molecule has 7 nitrogen and oxygen atoms in total. The lowest BCUT2D eigenvalue weighted by atomic mass is 9.96. The molecule has 0 unspecified atom stereocenters. The summed E-state index contributed by atoms with van der Waals surface area (Å²) in [4.78, 5) is 6.97. The van der Waals surface area contributed by atoms with Crippen molar-refractivity contribution < 1.29 is 13.2 Å². The molecule has 0 radical (unpaired) electrons. The zero-order valence-electron chi connectivity index (χ0n) is 17.7. The number of hydrogen-bond acceptors (Lipinski definition) is 4. The molecule has 1 aliphatic heterocycles. The van der Waals surface area contributed by atoms with E-state index >= 15 is 0 Å². The molecule has 0 aliphatic carbocycles. The number of rotatable bonds is 9. The number of halogens is 1. The first-order valence-electron chi connectivity index (χ1n) is 10.1. The van der Waals surface area contributed by atoms with Crippen molar-refractivity contribution in [3.63, 3.8) is 0 Å². The molecule has 1 aliphatic rings. The lowest BCUT2D eigenvalue weighted by Gasteiger charge is -2.26. The molecule has 9 heteroatoms. The van der Waals surface area contributed by atoms with Gasteiger partial charge in [-0.1, -0.05) is 17.7 Å². The number of aliphatic imine (C=N–C) groups is 1. The molecule has 0 spiro atoms. The standard InChI is InChI=1S/C20H34N4O3S.HI/c1-4-21-20(24(3)14-9-18-10-15-27-16-11-18)22-12-13-23-28(25,26)19-7-5-17(2)6-8-19;/h5-8,18,23H,4,9-16H2,1-3H3,(H,21,22);1H. The lowest BCUT2D eigenvalue weighted by molar-refractivity contribution is 0.0625. The Labute approximate surface area is 192 Å². The van der Waals surface area contributed by atoms with Crippen LogP contribution in [0.25, 0.3) is 0 Å². The first-order valence-corrected chi connectivity index (χ1v) is 11.5. The largest absolute Gasteiger partial charge is 0.381 e. The van der Waals surface area contributed by atoms with Gasteiger partial charge >= 0.3 is 0 Å². The molecule has 0 bridgehead atoms. The molecule has 1 saturated heterocycles. The van der Waals surface area contributed by atoms with Crippen LogP contribution in [-0.2, 0) is 14.8 Å². The number of aryl methyl sites for hydroxylation is 1. The van der Waals surface area contributed by atoms with Crippen molar-refractivity contribution in [3.8, 4) is 0 Å². The first kappa shape index (κ1) is 26.1. The van der Waals surface area contributed by atoms with Gasteiger partial charge in [-0.2, -0.15) is 0 Å². The third-order valence-electron chi connectivity index (χ3n) is 4.91. The van der Waals surface area contributed by atoms with Crippen LogP contribution in [-0.4, -0.2) is 65.7 Å². The molecule has 1 fully saturated rings. The normalized spacial score (nSPS) is 15.6. The van der Waals surface area contributed by atoms with E-state index in [4.69, 9.17) is 4.74 Å². The fourth-order valence-electron chi connectivity index (χ4n) is 3.13. The number of nitrogens with zero attached hydrogens (tertiary/aromatic N) is 2. The van der Waals surface area contributed by atoms with Crippen LogP contribution in [0.1, 0.15) is 31.7 Å². The second kappa shape index (κ2) is 13.4. The highest BCUT2D eigenvalue weighted by atomic mass is 127. The maximum absolute atomic E-state index is 12.3. The number of ether oxygens (including phenoxy) is 1. The smallest absolute Gasteiger partial charge is 0.240 e. The summed E-state index contributed by atoms with van der Waals surface area (Å²) in [5, 5.41) is 3.28. The quantitative estimate of drug-likeness (QED) is 0.219. The number of sulfonamides is 1. The van der Waals surface area contributed by atoms with Crippen LogP contribution in [0.2, 0.25) is 0 Å². The van der Waals surface area contributed by atoms with E-state index in [1.54, 1.807) is 24.3 Å². The average molecular weight is 538 g/mol. The summed E-state index contributed by atoms with van der Waals surface area (Å²) in [6.07, 6.45) is 3.37. The van der Waals surface area contributed by atoms with Gasteiger partial charge in [-0.3, -0.25) is 4.99 Å². The van der Waals surface area contributed by atoms with Crippen molar-refractivity contribution in [3.05, 3.63) is 29.8 Å². The van der Waals surface area contributed by atoms with Gasteiger partial charge in [0.25, 0.3) is 0 Å². The Balaban J connectivity index is 0.00000420. The SMILES string of the molecule is CCNC(=NCCNS(=O)(=O)c1ccc(C)cc1)N(C)CCC1CCOCC1.I. The van der Waals surface area contributed by atoms with Crippen LogP contribution in [0.3, 0.4) is 0 Å². The fourth-order valence-corrected chi connectivity index (χ4v) is 4.15. The van der Waals surface area contributed by atoms with Crippen LogP contribution in [0.4, 0.5) is 0 Å². The van der Waals surface area contributed by atoms with Crippen LogP contribution in [0, 0.1) is 12.8 Å². The summed E-state index contributed by atoms with van der Waals surface area (Å²) in [5.74, 6) is 1.52. The van der Waals surface area contributed by atoms with Crippen LogP contribution >= 0.6 is 24.0 Å². The van der Waals surface area contributed by atoms with Crippen LogP contribution in [0.15, 0.2) is 34.2 Å². The minimum atomic E-state index is -3.50. The molecule has 29 heavy (non-hydrogen) atoms. The van der Waals surface area contributed by atoms with Gasteiger partial charge in [0.15, 0.2) is 5.96 Å². The molecule has 1 heterocycles. The minimum Gasteiger partial charge on any atom is -0.381 e. The van der Waals surface area contributed by atoms with E-state index in [1.807, 2.05) is 20.9 Å². The van der Waals surface area contributed by atoms with E-state index in [1.165, 1.54) is 0 Å². The van der Waals surface area contributed by atoms with E-state index in [9.17, 15) is 8.42 Å². The summed E-state index contributed by atoms with van der Waals surface area (Å²) in [6.45, 7) is 8.03. The Morgan fingerprint density at radius 2 is 1.90 bits per heavy atom. The second-order valence-corrected chi connectivity index (χ2v) is 8.98. The molecule has 0 atom stereocenters. The van der Waals surface area contributed by atoms with Gasteiger partial charge in [-0.05, 0) is 51.2 Å². The Morgan fingerprint density at radius 1 is 1.24 bits per heavy atom. The fraction of sp³-hybridized carbons (Fsp3) is 0.650. The van der Waals surface area contributed by atoms with Gasteiger partial charge in [0.05, 0.1) is 11.4 Å². The monoisotopic (exact) mass is 538 g/mol. The van der Waals surface area contributed by atoms with Gasteiger partial charge in [-0.25, -0.2) is 13.1 Å². The average Bonchev–Trinajstić information content (AvgIpc) is 2.69. The predicted octanol–water partition coefficient (Wildman–Crippen LogP) is 2.61. The van der Waals surface area contributed by atoms with E-state index in [0.29, 0.717) is 12.5 Å². The highest BCUT2D eigenvalue weighted by Gasteiger charge is 2.16. The molecular weight excluding hydrogens is 503 g/mol. The van der Waals surface area contributed by atoms with Crippen molar-refractivity contribution in [2.75, 3.05) is 46.4 Å². The molecule has 2 N–H and O–H groups in total. The molecule has 166 valence electrons. The molecule has 1 aromatic carbocycles. The zero-order valence-corrected chi connectivity index (χ0v) is 20.8. The predicted molar refractivity (Wildman–Crippen MR) is 129 cm³/mol. The van der Waals surface area contributed by atoms with Crippen LogP contribution < -0.4 is 10.0 Å². The van der Waals surface area contributed by atoms with E-state index < -0.39 is 10.0 Å². The van der Waals surface area contributed by atoms with Crippen molar-refractivity contribution in [2.24, 2.45) is 10.9 Å². The lowest BCUT2D eigenvalue weighted by Crippen LogP contribution is -2.40. The van der Waals surface area contributed by atoms with Gasteiger partial charge in [0.1, 0.15) is 0 Å². The Kier molecular flexibility index (Phi) is 12.1. The van der Waals surface area contributed by atoms with Crippen molar-refractivity contribution in [1.82, 2.24) is 14.9 Å². The Morgan fingerprint density at radius 3 is 2.52 bits per heavy atom. The maximum Gasteiger partial charge on any atom is 0.240 e.